The van der Waals surface area contributed by atoms with Gasteiger partial charge in [0.05, 0.1) is 12.2 Å². The lowest BCUT2D eigenvalue weighted by Crippen LogP contribution is -2.50. The lowest BCUT2D eigenvalue weighted by molar-refractivity contribution is -0.0923. The van der Waals surface area contributed by atoms with Gasteiger partial charge in [0, 0.05) is 18.3 Å². The molecule has 0 atom stereocenters. The quantitative estimate of drug-likeness (QED) is 0.831. The molecular formula is C15H26N2O. The van der Waals surface area contributed by atoms with Crippen molar-refractivity contribution >= 4 is 0 Å². The first kappa shape index (κ1) is 12.5. The van der Waals surface area contributed by atoms with Crippen LogP contribution in [-0.2, 0) is 4.74 Å². The standard InChI is InChI=1S/C15H26N2O/c1-12-4-2-3-9-17(12)13-10-15(11-13)18-14-5-7-16-8-6-14/h13-16H,1-11H2. The van der Waals surface area contributed by atoms with Crippen molar-refractivity contribution in [1.82, 2.24) is 10.2 Å². The van der Waals surface area contributed by atoms with Gasteiger partial charge in [-0.1, -0.05) is 6.58 Å². The van der Waals surface area contributed by atoms with Crippen molar-refractivity contribution in [2.75, 3.05) is 19.6 Å². The average Bonchev–Trinajstić information content (AvgIpc) is 2.36. The molecule has 1 aliphatic carbocycles. The van der Waals surface area contributed by atoms with Crippen molar-refractivity contribution in [3.05, 3.63) is 12.3 Å². The van der Waals surface area contributed by atoms with Gasteiger partial charge >= 0.3 is 0 Å². The van der Waals surface area contributed by atoms with Crippen LogP contribution in [0.15, 0.2) is 12.3 Å². The Kier molecular flexibility index (Phi) is 3.90. The third kappa shape index (κ3) is 2.72. The van der Waals surface area contributed by atoms with Crippen LogP contribution in [0, 0.1) is 0 Å². The molecular weight excluding hydrogens is 224 g/mol. The molecule has 0 aromatic carbocycles. The van der Waals surface area contributed by atoms with Crippen molar-refractivity contribution in [3.8, 4) is 0 Å². The molecule has 0 aromatic heterocycles. The Bertz CT molecular complexity index is 293. The molecule has 0 radical (unpaired) electrons. The maximum Gasteiger partial charge on any atom is 0.0618 e. The Hall–Kier alpha value is -0.540. The third-order valence-corrected chi connectivity index (χ3v) is 4.70. The van der Waals surface area contributed by atoms with Crippen molar-refractivity contribution in [2.24, 2.45) is 0 Å². The van der Waals surface area contributed by atoms with E-state index in [2.05, 4.69) is 16.8 Å². The molecule has 3 aliphatic rings. The average molecular weight is 250 g/mol. The third-order valence-electron chi connectivity index (χ3n) is 4.70. The minimum Gasteiger partial charge on any atom is -0.375 e. The molecule has 3 heteroatoms. The highest BCUT2D eigenvalue weighted by molar-refractivity contribution is 5.03. The smallest absolute Gasteiger partial charge is 0.0618 e. The molecule has 18 heavy (non-hydrogen) atoms. The number of rotatable bonds is 3. The second kappa shape index (κ2) is 5.62. The predicted molar refractivity (Wildman–Crippen MR) is 73.5 cm³/mol. The van der Waals surface area contributed by atoms with Gasteiger partial charge in [-0.15, -0.1) is 0 Å². The maximum absolute atomic E-state index is 6.19. The molecule has 3 rings (SSSR count). The van der Waals surface area contributed by atoms with Crippen LogP contribution in [0.5, 0.6) is 0 Å². The fourth-order valence-corrected chi connectivity index (χ4v) is 3.46. The summed E-state index contributed by atoms with van der Waals surface area (Å²) in [7, 11) is 0. The first-order valence-corrected chi connectivity index (χ1v) is 7.63. The largest absolute Gasteiger partial charge is 0.375 e. The lowest BCUT2D eigenvalue weighted by atomic mass is 9.85. The number of nitrogens with one attached hydrogen (secondary N) is 1. The van der Waals surface area contributed by atoms with Crippen molar-refractivity contribution in [3.63, 3.8) is 0 Å². The number of likely N-dealkylation sites (tertiary alicyclic amines) is 1. The van der Waals surface area contributed by atoms with E-state index < -0.39 is 0 Å². The number of hydrogen-bond donors (Lipinski definition) is 1. The summed E-state index contributed by atoms with van der Waals surface area (Å²) < 4.78 is 6.19. The fourth-order valence-electron chi connectivity index (χ4n) is 3.46. The van der Waals surface area contributed by atoms with E-state index in [-0.39, 0.29) is 0 Å². The summed E-state index contributed by atoms with van der Waals surface area (Å²) in [5.41, 5.74) is 1.37. The summed E-state index contributed by atoms with van der Waals surface area (Å²) in [4.78, 5) is 2.55. The van der Waals surface area contributed by atoms with Crippen LogP contribution in [0.25, 0.3) is 0 Å². The van der Waals surface area contributed by atoms with Crippen molar-refractivity contribution in [1.29, 1.82) is 0 Å². The van der Waals surface area contributed by atoms with Crippen LogP contribution in [0.3, 0.4) is 0 Å². The van der Waals surface area contributed by atoms with E-state index >= 15 is 0 Å². The van der Waals surface area contributed by atoms with E-state index in [9.17, 15) is 0 Å². The highest BCUT2D eigenvalue weighted by Crippen LogP contribution is 2.34. The Balaban J connectivity index is 1.41. The summed E-state index contributed by atoms with van der Waals surface area (Å²) in [5.74, 6) is 0. The SMILES string of the molecule is C=C1CCCCN1C1CC(OC2CCNCC2)C1. The van der Waals surface area contributed by atoms with Crippen LogP contribution in [0.4, 0.5) is 0 Å². The predicted octanol–water partition coefficient (Wildman–Crippen LogP) is 2.29. The summed E-state index contributed by atoms with van der Waals surface area (Å²) in [6.45, 7) is 7.70. The molecule has 0 amide bonds. The van der Waals surface area contributed by atoms with Crippen molar-refractivity contribution < 1.29 is 4.74 Å². The molecule has 3 fully saturated rings. The van der Waals surface area contributed by atoms with Gasteiger partial charge in [-0.2, -0.15) is 0 Å². The fraction of sp³-hybridized carbons (Fsp3) is 0.867. The van der Waals surface area contributed by atoms with E-state index in [1.807, 2.05) is 0 Å². The maximum atomic E-state index is 6.19. The molecule has 0 unspecified atom stereocenters. The molecule has 0 aromatic rings. The highest BCUT2D eigenvalue weighted by Gasteiger charge is 2.36. The number of allylic oxidation sites excluding steroid dienone is 1. The molecule has 1 N–H and O–H groups in total. The van der Waals surface area contributed by atoms with E-state index in [1.54, 1.807) is 0 Å². The van der Waals surface area contributed by atoms with Crippen LogP contribution < -0.4 is 5.32 Å². The zero-order valence-electron chi connectivity index (χ0n) is 11.4. The number of ether oxygens (including phenoxy) is 1. The summed E-state index contributed by atoms with van der Waals surface area (Å²) >= 11 is 0. The molecule has 2 saturated heterocycles. The zero-order chi connectivity index (χ0) is 12.4. The zero-order valence-corrected chi connectivity index (χ0v) is 11.4. The van der Waals surface area contributed by atoms with Gasteiger partial charge in [-0.3, -0.25) is 0 Å². The summed E-state index contributed by atoms with van der Waals surface area (Å²) in [5, 5.41) is 3.39. The van der Waals surface area contributed by atoms with E-state index in [4.69, 9.17) is 4.74 Å². The van der Waals surface area contributed by atoms with Gasteiger partial charge in [-0.05, 0) is 58.0 Å². The van der Waals surface area contributed by atoms with Crippen LogP contribution in [0.2, 0.25) is 0 Å². The van der Waals surface area contributed by atoms with Gasteiger partial charge in [0.15, 0.2) is 0 Å². The van der Waals surface area contributed by atoms with Gasteiger partial charge in [0.2, 0.25) is 0 Å². The second-order valence-electron chi connectivity index (χ2n) is 6.05. The van der Waals surface area contributed by atoms with Crippen LogP contribution in [-0.4, -0.2) is 42.8 Å². The second-order valence-corrected chi connectivity index (χ2v) is 6.05. The topological polar surface area (TPSA) is 24.5 Å². The molecule has 102 valence electrons. The molecule has 0 spiro atoms. The number of hydrogen-bond acceptors (Lipinski definition) is 3. The van der Waals surface area contributed by atoms with E-state index in [0.29, 0.717) is 12.2 Å². The van der Waals surface area contributed by atoms with Crippen molar-refractivity contribution in [2.45, 2.75) is 63.2 Å². The van der Waals surface area contributed by atoms with Crippen LogP contribution >= 0.6 is 0 Å². The first-order valence-electron chi connectivity index (χ1n) is 7.63. The van der Waals surface area contributed by atoms with Gasteiger partial charge in [0.1, 0.15) is 0 Å². The van der Waals surface area contributed by atoms with Gasteiger partial charge < -0.3 is 15.0 Å². The first-order chi connectivity index (χ1) is 8.83. The number of piperidine rings is 2. The Labute approximate surface area is 111 Å². The molecule has 1 saturated carbocycles. The minimum absolute atomic E-state index is 0.516. The highest BCUT2D eigenvalue weighted by atomic mass is 16.5. The Morgan fingerprint density at radius 1 is 1.11 bits per heavy atom. The Morgan fingerprint density at radius 2 is 1.89 bits per heavy atom. The Morgan fingerprint density at radius 3 is 2.61 bits per heavy atom. The van der Waals surface area contributed by atoms with E-state index in [1.165, 1.54) is 57.2 Å². The van der Waals surface area contributed by atoms with Gasteiger partial charge in [0.25, 0.3) is 0 Å². The molecule has 3 nitrogen and oxygen atoms in total. The van der Waals surface area contributed by atoms with Gasteiger partial charge in [-0.25, -0.2) is 0 Å². The minimum atomic E-state index is 0.516. The lowest BCUT2D eigenvalue weighted by Gasteiger charge is -2.47. The molecule has 2 heterocycles. The summed E-state index contributed by atoms with van der Waals surface area (Å²) in [6, 6.07) is 0.726. The number of nitrogens with zero attached hydrogens (tertiary/aromatic N) is 1. The normalized spacial score (nSPS) is 34.4. The van der Waals surface area contributed by atoms with E-state index in [0.717, 1.165) is 19.1 Å². The summed E-state index contributed by atoms with van der Waals surface area (Å²) in [6.07, 6.45) is 9.75. The molecule has 2 aliphatic heterocycles. The molecule has 0 bridgehead atoms. The van der Waals surface area contributed by atoms with Crippen LogP contribution in [0.1, 0.15) is 44.9 Å². The monoisotopic (exact) mass is 250 g/mol.